The van der Waals surface area contributed by atoms with Crippen LogP contribution < -0.4 is 5.32 Å². The van der Waals surface area contributed by atoms with Crippen molar-refractivity contribution in [2.75, 3.05) is 7.11 Å². The number of alkyl carbamates (subject to hydrolysis) is 1. The number of fused-ring (bicyclic) bond motifs is 5. The summed E-state index contributed by atoms with van der Waals surface area (Å²) in [6.45, 7) is 14.4. The Morgan fingerprint density at radius 1 is 0.933 bits per heavy atom. The number of nitrogens with one attached hydrogen (secondary N) is 1. The molecule has 0 spiro atoms. The zero-order valence-electron chi connectivity index (χ0n) is 36.1. The van der Waals surface area contributed by atoms with Crippen LogP contribution in [0.5, 0.6) is 0 Å². The molecule has 14 nitrogen and oxygen atoms in total. The summed E-state index contributed by atoms with van der Waals surface area (Å²) >= 11 is 0. The van der Waals surface area contributed by atoms with E-state index in [1.54, 1.807) is 90.9 Å². The third kappa shape index (κ3) is 7.43. The number of carbonyl (C=O) groups is 5. The summed E-state index contributed by atoms with van der Waals surface area (Å²) < 4.78 is 30.2. The molecule has 0 radical (unpaired) electrons. The lowest BCUT2D eigenvalue weighted by molar-refractivity contribution is -0.296. The molecule has 3 fully saturated rings. The van der Waals surface area contributed by atoms with Crippen LogP contribution in [0.3, 0.4) is 0 Å². The maximum absolute atomic E-state index is 15.1. The van der Waals surface area contributed by atoms with Crippen LogP contribution in [0.15, 0.2) is 65.7 Å². The number of methoxy groups -OCH3 is 1. The molecular formula is C46H59NO13. The lowest BCUT2D eigenvalue weighted by Gasteiger charge is -2.68. The van der Waals surface area contributed by atoms with E-state index >= 15 is 4.79 Å². The first-order chi connectivity index (χ1) is 27.9. The molecule has 4 aliphatic carbocycles. The summed E-state index contributed by atoms with van der Waals surface area (Å²) in [4.78, 5) is 70.1. The molecule has 6 rings (SSSR count). The van der Waals surface area contributed by atoms with Crippen LogP contribution in [0.4, 0.5) is 4.79 Å². The highest BCUT2D eigenvalue weighted by molar-refractivity contribution is 5.94. The molecule has 4 aliphatic rings. The van der Waals surface area contributed by atoms with Gasteiger partial charge in [-0.3, -0.25) is 9.59 Å². The fourth-order valence-corrected chi connectivity index (χ4v) is 10.6. The van der Waals surface area contributed by atoms with Crippen molar-refractivity contribution in [1.82, 2.24) is 5.32 Å². The molecule has 0 aromatic heterocycles. The van der Waals surface area contributed by atoms with Gasteiger partial charge in [0.1, 0.15) is 35.1 Å². The van der Waals surface area contributed by atoms with E-state index in [9.17, 15) is 34.5 Å². The number of Topliss-reactive ketones (excluding diaryl/α,β-unsaturated/α-hetero) is 1. The summed E-state index contributed by atoms with van der Waals surface area (Å²) in [7, 11) is 1.28. The first-order valence-electron chi connectivity index (χ1n) is 20.5. The van der Waals surface area contributed by atoms with Gasteiger partial charge in [-0.1, -0.05) is 56.3 Å². The minimum Gasteiger partial charge on any atom is -0.458 e. The van der Waals surface area contributed by atoms with E-state index in [1.807, 2.05) is 0 Å². The molecule has 0 aliphatic heterocycles. The van der Waals surface area contributed by atoms with Crippen LogP contribution in [-0.4, -0.2) is 99.5 Å². The maximum Gasteiger partial charge on any atom is 0.408 e. The van der Waals surface area contributed by atoms with E-state index in [0.29, 0.717) is 12.0 Å². The molecule has 4 N–H and O–H groups in total. The van der Waals surface area contributed by atoms with E-state index < -0.39 is 112 Å². The Balaban J connectivity index is 1.51. The van der Waals surface area contributed by atoms with Crippen molar-refractivity contribution in [3.63, 3.8) is 0 Å². The van der Waals surface area contributed by atoms with Crippen molar-refractivity contribution in [1.29, 1.82) is 0 Å². The molecule has 60 heavy (non-hydrogen) atoms. The van der Waals surface area contributed by atoms with E-state index in [1.165, 1.54) is 33.1 Å². The monoisotopic (exact) mass is 833 g/mol. The van der Waals surface area contributed by atoms with Gasteiger partial charge in [-0.2, -0.15) is 0 Å². The zero-order chi connectivity index (χ0) is 44.3. The van der Waals surface area contributed by atoms with Crippen LogP contribution in [0.2, 0.25) is 0 Å². The SMILES string of the molecule is CO[C@@H](C(=O)O[C@H]1C[C@@]2(O)[C@@H](OC(=O)c3ccccc3)[C@@H]3[C@]4(OC(C)=O)CC[C@@H]4C[C@H](O)[C@@]3(C)C(=O)[C@H](O)C(=C1C)C2(C)C)[C@@H](NC(=O)OC(C)(C)C)c1ccccc1C. The number of amides is 1. The lowest BCUT2D eigenvalue weighted by Crippen LogP contribution is -2.78. The molecular weight excluding hydrogens is 774 g/mol. The standard InChI is InChI=1S/C46H59NO13/c1-24-16-14-15-19-29(24)33(47-41(54)60-42(4,5)6)35(56-10)40(53)57-30-23-46(55)38(58-39(52)27-17-12-11-13-18-27)36-44(9,37(51)34(50)32(25(30)2)43(46,7)8)31(49)22-28-20-21-45(28,36)59-26(3)48/h11-19,28,30-31,33-36,38,49-50,55H,20-23H2,1-10H3,(H,47,54)/t28-,30+,31+,33+,34-,35-,36+,38+,44-,45+,46-/m1/s1. The number of aliphatic hydroxyl groups excluding tert-OH is 2. The van der Waals surface area contributed by atoms with E-state index in [-0.39, 0.29) is 29.6 Å². The van der Waals surface area contributed by atoms with Gasteiger partial charge in [-0.15, -0.1) is 0 Å². The van der Waals surface area contributed by atoms with Gasteiger partial charge in [-0.25, -0.2) is 14.4 Å². The first kappa shape index (κ1) is 44.9. The largest absolute Gasteiger partial charge is 0.458 e. The van der Waals surface area contributed by atoms with Gasteiger partial charge in [0.05, 0.1) is 29.0 Å². The molecule has 1 amide bonds. The Kier molecular flexibility index (Phi) is 12.0. The predicted molar refractivity (Wildman–Crippen MR) is 216 cm³/mol. The zero-order valence-corrected chi connectivity index (χ0v) is 36.1. The normalized spacial score (nSPS) is 33.0. The second-order valence-electron chi connectivity index (χ2n) is 18.7. The molecule has 14 heteroatoms. The molecule has 2 aromatic carbocycles. The number of carbonyl (C=O) groups excluding carboxylic acids is 5. The van der Waals surface area contributed by atoms with Crippen LogP contribution in [0.1, 0.15) is 109 Å². The Hall–Kier alpha value is -4.63. The van der Waals surface area contributed by atoms with Gasteiger partial charge >= 0.3 is 24.0 Å². The summed E-state index contributed by atoms with van der Waals surface area (Å²) in [6.07, 6.45) is -8.33. The Morgan fingerprint density at radius 2 is 1.57 bits per heavy atom. The number of aliphatic hydroxyl groups is 3. The number of hydrogen-bond donors (Lipinski definition) is 4. The number of ether oxygens (including phenoxy) is 5. The highest BCUT2D eigenvalue weighted by Crippen LogP contribution is 2.67. The Labute approximate surface area is 350 Å². The number of hydrogen-bond acceptors (Lipinski definition) is 13. The smallest absolute Gasteiger partial charge is 0.408 e. The third-order valence-electron chi connectivity index (χ3n) is 13.8. The summed E-state index contributed by atoms with van der Waals surface area (Å²) in [5, 5.41) is 40.7. The quantitative estimate of drug-likeness (QED) is 0.145. The Bertz CT molecular complexity index is 2060. The average molecular weight is 834 g/mol. The number of ketones is 1. The third-order valence-corrected chi connectivity index (χ3v) is 13.8. The predicted octanol–water partition coefficient (Wildman–Crippen LogP) is 5.23. The summed E-state index contributed by atoms with van der Waals surface area (Å²) in [5.74, 6) is -5.17. The number of benzene rings is 2. The maximum atomic E-state index is 15.1. The number of aryl methyl sites for hydroxylation is 1. The highest BCUT2D eigenvalue weighted by atomic mass is 16.6. The second-order valence-corrected chi connectivity index (χ2v) is 18.7. The van der Waals surface area contributed by atoms with Crippen molar-refractivity contribution in [2.45, 2.75) is 141 Å². The van der Waals surface area contributed by atoms with Crippen molar-refractivity contribution < 1.29 is 63.0 Å². The van der Waals surface area contributed by atoms with E-state index in [0.717, 1.165) is 5.56 Å². The van der Waals surface area contributed by atoms with Gasteiger partial charge in [0.2, 0.25) is 0 Å². The minimum absolute atomic E-state index is 0.0141. The molecule has 0 heterocycles. The van der Waals surface area contributed by atoms with Crippen molar-refractivity contribution in [2.24, 2.45) is 22.7 Å². The first-order valence-corrected chi connectivity index (χ1v) is 20.5. The van der Waals surface area contributed by atoms with Crippen molar-refractivity contribution in [3.8, 4) is 0 Å². The highest BCUT2D eigenvalue weighted by Gasteiger charge is 2.77. The van der Waals surface area contributed by atoms with E-state index in [4.69, 9.17) is 23.7 Å². The van der Waals surface area contributed by atoms with Gasteiger partial charge in [0.25, 0.3) is 0 Å². The van der Waals surface area contributed by atoms with Crippen molar-refractivity contribution in [3.05, 3.63) is 82.4 Å². The van der Waals surface area contributed by atoms with Gasteiger partial charge in [0.15, 0.2) is 11.9 Å². The Morgan fingerprint density at radius 3 is 2.13 bits per heavy atom. The minimum atomic E-state index is -2.26. The molecule has 11 atom stereocenters. The van der Waals surface area contributed by atoms with Crippen LogP contribution >= 0.6 is 0 Å². The molecule has 3 saturated carbocycles. The fraction of sp³-hybridized carbons (Fsp3) is 0.587. The molecule has 0 saturated heterocycles. The van der Waals surface area contributed by atoms with Gasteiger partial charge < -0.3 is 44.3 Å². The second kappa shape index (κ2) is 16.0. The van der Waals surface area contributed by atoms with Crippen LogP contribution in [0, 0.1) is 29.6 Å². The number of esters is 3. The van der Waals surface area contributed by atoms with E-state index in [2.05, 4.69) is 5.32 Å². The molecule has 326 valence electrons. The van der Waals surface area contributed by atoms with Crippen LogP contribution in [-0.2, 0) is 38.1 Å². The average Bonchev–Trinajstić information content (AvgIpc) is 3.16. The van der Waals surface area contributed by atoms with Crippen LogP contribution in [0.25, 0.3) is 0 Å². The fourth-order valence-electron chi connectivity index (χ4n) is 10.6. The topological polar surface area (TPSA) is 204 Å². The lowest BCUT2D eigenvalue weighted by atomic mass is 9.41. The summed E-state index contributed by atoms with van der Waals surface area (Å²) in [6, 6.07) is 14.0. The van der Waals surface area contributed by atoms with Crippen molar-refractivity contribution >= 4 is 29.8 Å². The summed E-state index contributed by atoms with van der Waals surface area (Å²) in [5.41, 5.74) is -6.46. The van der Waals surface area contributed by atoms with Gasteiger partial charge in [-0.05, 0) is 95.2 Å². The number of rotatable bonds is 9. The molecule has 0 unspecified atom stereocenters. The molecule has 2 bridgehead atoms. The van der Waals surface area contributed by atoms with Gasteiger partial charge in [0, 0.05) is 31.8 Å². The molecule has 2 aromatic rings.